The second kappa shape index (κ2) is 14.3. The predicted molar refractivity (Wildman–Crippen MR) is 178 cm³/mol. The van der Waals surface area contributed by atoms with Gasteiger partial charge in [0.15, 0.2) is 17.5 Å². The Kier molecular flexibility index (Phi) is 10.5. The van der Waals surface area contributed by atoms with Crippen molar-refractivity contribution < 1.29 is 31.8 Å². The molecule has 0 bridgehead atoms. The Morgan fingerprint density at radius 2 is 1.60 bits per heavy atom. The summed E-state index contributed by atoms with van der Waals surface area (Å²) in [4.78, 5) is 21.8. The predicted octanol–water partition coefficient (Wildman–Crippen LogP) is 6.71. The van der Waals surface area contributed by atoms with Crippen LogP contribution in [0.15, 0.2) is 30.5 Å². The van der Waals surface area contributed by atoms with Gasteiger partial charge in [-0.1, -0.05) is 41.0 Å². The molecule has 9 nitrogen and oxygen atoms in total. The highest BCUT2D eigenvalue weighted by molar-refractivity contribution is 6.08. The molecule has 2 aromatic heterocycles. The van der Waals surface area contributed by atoms with Gasteiger partial charge in [0.05, 0.1) is 25.2 Å². The number of nitrogens with two attached hydrogens (primary N) is 1. The van der Waals surface area contributed by atoms with Crippen molar-refractivity contribution in [1.82, 2.24) is 19.7 Å². The van der Waals surface area contributed by atoms with E-state index in [2.05, 4.69) is 63.7 Å². The number of benzene rings is 2. The van der Waals surface area contributed by atoms with Gasteiger partial charge in [-0.3, -0.25) is 14.4 Å². The number of pyridine rings is 1. The molecule has 0 unspecified atom stereocenters. The topological polar surface area (TPSA) is 98.7 Å². The molecule has 48 heavy (non-hydrogen) atoms. The fourth-order valence-electron chi connectivity index (χ4n) is 6.11. The average molecular weight is 673 g/mol. The SMILES string of the molecule is CCCCn1cc2c(n1)c(N)nc1ccc(N3CCN(CC(C)(C)COCC(C)(C)CC(=O)Oc4c(F)c(F)cc(F)c4F)CC3)cc12. The summed E-state index contributed by atoms with van der Waals surface area (Å²) in [6.45, 7) is 15.5. The van der Waals surface area contributed by atoms with Crippen LogP contribution in [0, 0.1) is 34.1 Å². The van der Waals surface area contributed by atoms with Gasteiger partial charge >= 0.3 is 5.97 Å². The van der Waals surface area contributed by atoms with Crippen molar-refractivity contribution in [3.05, 3.63) is 53.7 Å². The number of aromatic nitrogens is 3. The third-order valence-electron chi connectivity index (χ3n) is 8.54. The van der Waals surface area contributed by atoms with Crippen molar-refractivity contribution in [2.75, 3.05) is 56.6 Å². The molecule has 1 fully saturated rings. The van der Waals surface area contributed by atoms with Gasteiger partial charge in [-0.05, 0) is 30.0 Å². The first kappa shape index (κ1) is 35.3. The summed E-state index contributed by atoms with van der Waals surface area (Å²) in [6, 6.07) is 6.36. The number of carbonyl (C=O) groups excluding carboxylic acids is 1. The number of rotatable bonds is 13. The molecule has 0 aliphatic carbocycles. The molecule has 260 valence electrons. The monoisotopic (exact) mass is 672 g/mol. The fraction of sp³-hybridized carbons (Fsp3) is 0.514. The summed E-state index contributed by atoms with van der Waals surface area (Å²) >= 11 is 0. The van der Waals surface area contributed by atoms with Crippen LogP contribution in [0.1, 0.15) is 53.9 Å². The maximum atomic E-state index is 13.9. The molecule has 1 aliphatic rings. The number of aryl methyl sites for hydroxylation is 1. The number of anilines is 2. The molecule has 2 N–H and O–H groups in total. The van der Waals surface area contributed by atoms with Crippen LogP contribution in [-0.2, 0) is 16.1 Å². The first-order valence-electron chi connectivity index (χ1n) is 16.3. The number of hydrogen-bond acceptors (Lipinski definition) is 8. The number of piperazine rings is 1. The quantitative estimate of drug-likeness (QED) is 0.0725. The van der Waals surface area contributed by atoms with Gasteiger partial charge in [-0.15, -0.1) is 0 Å². The summed E-state index contributed by atoms with van der Waals surface area (Å²) in [5.41, 5.74) is 8.00. The molecule has 13 heteroatoms. The van der Waals surface area contributed by atoms with Gasteiger partial charge < -0.3 is 20.1 Å². The summed E-state index contributed by atoms with van der Waals surface area (Å²) in [5, 5.41) is 6.74. The minimum absolute atomic E-state index is 0.0589. The van der Waals surface area contributed by atoms with Crippen LogP contribution in [0.4, 0.5) is 29.1 Å². The highest BCUT2D eigenvalue weighted by atomic mass is 19.2. The van der Waals surface area contributed by atoms with Crippen LogP contribution in [0.2, 0.25) is 0 Å². The average Bonchev–Trinajstić information content (AvgIpc) is 3.46. The molecule has 0 saturated carbocycles. The first-order chi connectivity index (χ1) is 22.7. The lowest BCUT2D eigenvalue weighted by molar-refractivity contribution is -0.138. The molecular weight excluding hydrogens is 628 g/mol. The molecule has 5 rings (SSSR count). The number of esters is 1. The van der Waals surface area contributed by atoms with Crippen molar-refractivity contribution in [3.8, 4) is 5.75 Å². The standard InChI is InChI=1S/C35H44F4N6O3/c1-6-7-10-45-18-24-23-15-22(8-9-27(23)41-33(40)31(24)42-45)44-13-11-43(12-14-44)19-35(4,5)21-47-20-34(2,3)17-28(46)48-32-29(38)25(36)16-26(37)30(32)39/h8-9,15-16,18H,6-7,10-14,17,19-21H2,1-5H3,(H2,40,41). The molecule has 1 saturated heterocycles. The van der Waals surface area contributed by atoms with E-state index in [1.165, 1.54) is 0 Å². The van der Waals surface area contributed by atoms with Crippen molar-refractivity contribution in [1.29, 1.82) is 0 Å². The van der Waals surface area contributed by atoms with Crippen molar-refractivity contribution in [2.24, 2.45) is 10.8 Å². The molecule has 4 aromatic rings. The minimum atomic E-state index is -1.76. The molecule has 0 spiro atoms. The summed E-state index contributed by atoms with van der Waals surface area (Å²) in [6.07, 6.45) is 3.92. The number of nitrogen functional groups attached to an aromatic ring is 1. The molecule has 2 aromatic carbocycles. The summed E-state index contributed by atoms with van der Waals surface area (Å²) < 4.78 is 67.5. The Morgan fingerprint density at radius 3 is 2.27 bits per heavy atom. The van der Waals surface area contributed by atoms with E-state index >= 15 is 0 Å². The largest absolute Gasteiger partial charge is 0.420 e. The lowest BCUT2D eigenvalue weighted by atomic mass is 9.90. The molecular formula is C35H44F4N6O3. The third kappa shape index (κ3) is 8.18. The number of carbonyl (C=O) groups is 1. The lowest BCUT2D eigenvalue weighted by Gasteiger charge is -2.40. The van der Waals surface area contributed by atoms with Crippen LogP contribution < -0.4 is 15.4 Å². The van der Waals surface area contributed by atoms with E-state index in [0.717, 1.165) is 79.6 Å². The van der Waals surface area contributed by atoms with Crippen LogP contribution >= 0.6 is 0 Å². The van der Waals surface area contributed by atoms with Gasteiger partial charge in [0, 0.05) is 73.4 Å². The smallest absolute Gasteiger partial charge is 0.312 e. The van der Waals surface area contributed by atoms with Crippen LogP contribution in [0.5, 0.6) is 5.75 Å². The Labute approximate surface area is 278 Å². The highest BCUT2D eigenvalue weighted by Gasteiger charge is 2.30. The van der Waals surface area contributed by atoms with Crippen LogP contribution in [0.25, 0.3) is 21.8 Å². The number of unbranched alkanes of at least 4 members (excludes halogenated alkanes) is 1. The van der Waals surface area contributed by atoms with Crippen LogP contribution in [-0.4, -0.2) is 71.6 Å². The number of fused-ring (bicyclic) bond motifs is 3. The molecule has 1 aliphatic heterocycles. The molecule has 0 atom stereocenters. The molecule has 3 heterocycles. The Balaban J connectivity index is 1.12. The molecule has 0 radical (unpaired) electrons. The number of hydrogen-bond donors (Lipinski definition) is 1. The van der Waals surface area contributed by atoms with Gasteiger partial charge in [0.2, 0.25) is 17.4 Å². The summed E-state index contributed by atoms with van der Waals surface area (Å²) in [5.74, 6) is -8.77. The van der Waals surface area contributed by atoms with Crippen LogP contribution in [0.3, 0.4) is 0 Å². The summed E-state index contributed by atoms with van der Waals surface area (Å²) in [7, 11) is 0. The first-order valence-corrected chi connectivity index (χ1v) is 16.3. The fourth-order valence-corrected chi connectivity index (χ4v) is 6.11. The van der Waals surface area contributed by atoms with Gasteiger partial charge in [0.25, 0.3) is 0 Å². The number of ether oxygens (including phenoxy) is 2. The van der Waals surface area contributed by atoms with E-state index in [-0.39, 0.29) is 24.5 Å². The number of nitrogens with zero attached hydrogens (tertiary/aromatic N) is 5. The van der Waals surface area contributed by atoms with Crippen molar-refractivity contribution in [2.45, 2.75) is 60.4 Å². The maximum Gasteiger partial charge on any atom is 0.312 e. The zero-order valence-electron chi connectivity index (χ0n) is 28.2. The van der Waals surface area contributed by atoms with Crippen molar-refractivity contribution in [3.63, 3.8) is 0 Å². The maximum absolute atomic E-state index is 13.9. The Hall–Kier alpha value is -3.97. The van der Waals surface area contributed by atoms with E-state index < -0.39 is 40.4 Å². The van der Waals surface area contributed by atoms with Crippen molar-refractivity contribution >= 4 is 39.3 Å². The minimum Gasteiger partial charge on any atom is -0.420 e. The zero-order valence-corrected chi connectivity index (χ0v) is 28.2. The second-order valence-corrected chi connectivity index (χ2v) is 14.2. The Morgan fingerprint density at radius 1 is 0.938 bits per heavy atom. The Bertz CT molecular complexity index is 1760. The second-order valence-electron chi connectivity index (χ2n) is 14.2. The lowest BCUT2D eigenvalue weighted by Crippen LogP contribution is -2.49. The van der Waals surface area contributed by atoms with E-state index in [9.17, 15) is 22.4 Å². The normalized spacial score (nSPS) is 14.7. The molecule has 0 amide bonds. The number of halogens is 4. The van der Waals surface area contributed by atoms with Gasteiger partial charge in [-0.25, -0.2) is 13.8 Å². The van der Waals surface area contributed by atoms with E-state index in [1.807, 2.05) is 10.7 Å². The highest BCUT2D eigenvalue weighted by Crippen LogP contribution is 2.32. The van der Waals surface area contributed by atoms with E-state index in [4.69, 9.17) is 10.5 Å². The zero-order chi connectivity index (χ0) is 34.8. The third-order valence-corrected chi connectivity index (χ3v) is 8.54. The van der Waals surface area contributed by atoms with E-state index in [0.29, 0.717) is 12.4 Å². The van der Waals surface area contributed by atoms with Gasteiger partial charge in [-0.2, -0.15) is 13.9 Å². The van der Waals surface area contributed by atoms with Gasteiger partial charge in [0.1, 0.15) is 5.52 Å². The van der Waals surface area contributed by atoms with E-state index in [1.54, 1.807) is 13.8 Å².